The zero-order valence-corrected chi connectivity index (χ0v) is 12.4. The van der Waals surface area contributed by atoms with E-state index < -0.39 is 0 Å². The van der Waals surface area contributed by atoms with Crippen LogP contribution in [0.5, 0.6) is 0 Å². The molecule has 0 aliphatic carbocycles. The fourth-order valence-electron chi connectivity index (χ4n) is 1.55. The molecule has 0 aliphatic rings. The minimum atomic E-state index is 0.550. The van der Waals surface area contributed by atoms with Gasteiger partial charge in [-0.05, 0) is 54.1 Å². The number of hydrogen-bond acceptors (Lipinski definition) is 2. The lowest BCUT2D eigenvalue weighted by Gasteiger charge is -2.26. The highest BCUT2D eigenvalue weighted by atomic mass is 127. The van der Waals surface area contributed by atoms with E-state index in [9.17, 15) is 0 Å². The molecular weight excluding hydrogens is 313 g/mol. The molecule has 90 valence electrons. The predicted octanol–water partition coefficient (Wildman–Crippen LogP) is 3.15. The summed E-state index contributed by atoms with van der Waals surface area (Å²) < 4.78 is 6.42. The summed E-state index contributed by atoms with van der Waals surface area (Å²) in [4.78, 5) is 2.42. The normalized spacial score (nSPS) is 11.4. The highest BCUT2D eigenvalue weighted by molar-refractivity contribution is 14.1. The van der Waals surface area contributed by atoms with Gasteiger partial charge in [-0.2, -0.15) is 0 Å². The second-order valence-electron chi connectivity index (χ2n) is 4.18. The molecule has 0 saturated carbocycles. The van der Waals surface area contributed by atoms with Crippen LogP contribution in [0.3, 0.4) is 0 Å². The monoisotopic (exact) mass is 333 g/mol. The van der Waals surface area contributed by atoms with Crippen LogP contribution in [0.25, 0.3) is 0 Å². The number of methoxy groups -OCH3 is 1. The molecule has 1 aromatic carbocycles. The van der Waals surface area contributed by atoms with Gasteiger partial charge in [-0.3, -0.25) is 4.90 Å². The Bertz CT molecular complexity index is 297. The van der Waals surface area contributed by atoms with Gasteiger partial charge in [0.05, 0.1) is 6.61 Å². The maximum atomic E-state index is 5.14. The lowest BCUT2D eigenvalue weighted by atomic mass is 10.2. The van der Waals surface area contributed by atoms with E-state index in [1.807, 2.05) is 0 Å². The van der Waals surface area contributed by atoms with E-state index in [1.165, 1.54) is 9.13 Å². The SMILES string of the molecule is COCCN(Cc1ccc(I)cc1)C(C)C. The molecule has 0 heterocycles. The summed E-state index contributed by atoms with van der Waals surface area (Å²) in [6, 6.07) is 9.26. The second kappa shape index (κ2) is 7.25. The number of ether oxygens (including phenoxy) is 1. The van der Waals surface area contributed by atoms with Crippen LogP contribution in [-0.2, 0) is 11.3 Å². The average molecular weight is 333 g/mol. The van der Waals surface area contributed by atoms with E-state index in [0.717, 1.165) is 19.7 Å². The molecule has 16 heavy (non-hydrogen) atoms. The van der Waals surface area contributed by atoms with Crippen molar-refractivity contribution >= 4 is 22.6 Å². The van der Waals surface area contributed by atoms with Gasteiger partial charge in [0, 0.05) is 29.8 Å². The van der Waals surface area contributed by atoms with Gasteiger partial charge in [-0.1, -0.05) is 12.1 Å². The molecular formula is C13H20INO. The molecule has 0 spiro atoms. The molecule has 0 bridgehead atoms. The summed E-state index contributed by atoms with van der Waals surface area (Å²) in [6.07, 6.45) is 0. The maximum absolute atomic E-state index is 5.14. The molecule has 0 fully saturated rings. The lowest BCUT2D eigenvalue weighted by molar-refractivity contribution is 0.125. The number of hydrogen-bond donors (Lipinski definition) is 0. The van der Waals surface area contributed by atoms with Gasteiger partial charge in [0.15, 0.2) is 0 Å². The van der Waals surface area contributed by atoms with Crippen molar-refractivity contribution in [2.45, 2.75) is 26.4 Å². The highest BCUT2D eigenvalue weighted by Crippen LogP contribution is 2.11. The molecule has 0 aliphatic heterocycles. The highest BCUT2D eigenvalue weighted by Gasteiger charge is 2.09. The molecule has 2 nitrogen and oxygen atoms in total. The van der Waals surface area contributed by atoms with Crippen molar-refractivity contribution in [1.29, 1.82) is 0 Å². The fourth-order valence-corrected chi connectivity index (χ4v) is 1.91. The number of rotatable bonds is 6. The standard InChI is InChI=1S/C13H20INO/c1-11(2)15(8-9-16-3)10-12-4-6-13(14)7-5-12/h4-7,11H,8-10H2,1-3H3. The molecule has 1 rings (SSSR count). The predicted molar refractivity (Wildman–Crippen MR) is 76.6 cm³/mol. The van der Waals surface area contributed by atoms with Crippen LogP contribution in [0.15, 0.2) is 24.3 Å². The average Bonchev–Trinajstić information content (AvgIpc) is 2.26. The number of nitrogens with zero attached hydrogens (tertiary/aromatic N) is 1. The van der Waals surface area contributed by atoms with Crippen molar-refractivity contribution in [1.82, 2.24) is 4.90 Å². The van der Waals surface area contributed by atoms with Crippen molar-refractivity contribution in [3.05, 3.63) is 33.4 Å². The first-order valence-electron chi connectivity index (χ1n) is 5.61. The molecule has 0 atom stereocenters. The summed E-state index contributed by atoms with van der Waals surface area (Å²) >= 11 is 2.33. The Kier molecular flexibility index (Phi) is 6.31. The fraction of sp³-hybridized carbons (Fsp3) is 0.538. The zero-order chi connectivity index (χ0) is 12.0. The summed E-state index contributed by atoms with van der Waals surface area (Å²) in [5, 5.41) is 0. The summed E-state index contributed by atoms with van der Waals surface area (Å²) in [5.74, 6) is 0. The van der Waals surface area contributed by atoms with Crippen molar-refractivity contribution in [3.8, 4) is 0 Å². The van der Waals surface area contributed by atoms with E-state index in [0.29, 0.717) is 6.04 Å². The first-order chi connectivity index (χ1) is 7.63. The first kappa shape index (κ1) is 13.9. The van der Waals surface area contributed by atoms with Crippen LogP contribution in [0.1, 0.15) is 19.4 Å². The Labute approximate surface area is 112 Å². The van der Waals surface area contributed by atoms with Crippen molar-refractivity contribution < 1.29 is 4.74 Å². The van der Waals surface area contributed by atoms with E-state index in [1.54, 1.807) is 7.11 Å². The minimum Gasteiger partial charge on any atom is -0.383 e. The quantitative estimate of drug-likeness (QED) is 0.742. The third kappa shape index (κ3) is 4.80. The third-order valence-corrected chi connectivity index (χ3v) is 3.33. The summed E-state index contributed by atoms with van der Waals surface area (Å²) in [5.41, 5.74) is 1.37. The van der Waals surface area contributed by atoms with Crippen LogP contribution in [0, 0.1) is 3.57 Å². The van der Waals surface area contributed by atoms with E-state index in [-0.39, 0.29) is 0 Å². The van der Waals surface area contributed by atoms with Crippen LogP contribution in [0.2, 0.25) is 0 Å². The van der Waals surface area contributed by atoms with Crippen LogP contribution in [-0.4, -0.2) is 31.2 Å². The van der Waals surface area contributed by atoms with Crippen LogP contribution in [0.4, 0.5) is 0 Å². The Morgan fingerprint density at radius 3 is 2.38 bits per heavy atom. The van der Waals surface area contributed by atoms with Crippen molar-refractivity contribution in [3.63, 3.8) is 0 Å². The summed E-state index contributed by atoms with van der Waals surface area (Å²) in [7, 11) is 1.75. The molecule has 3 heteroatoms. The van der Waals surface area contributed by atoms with Crippen LogP contribution >= 0.6 is 22.6 Å². The Morgan fingerprint density at radius 2 is 1.88 bits per heavy atom. The van der Waals surface area contributed by atoms with Gasteiger partial charge in [0.2, 0.25) is 0 Å². The van der Waals surface area contributed by atoms with Gasteiger partial charge >= 0.3 is 0 Å². The molecule has 0 saturated heterocycles. The third-order valence-electron chi connectivity index (χ3n) is 2.61. The van der Waals surface area contributed by atoms with Crippen molar-refractivity contribution in [2.75, 3.05) is 20.3 Å². The Hall–Kier alpha value is -0.130. The second-order valence-corrected chi connectivity index (χ2v) is 5.43. The topological polar surface area (TPSA) is 12.5 Å². The number of benzene rings is 1. The Morgan fingerprint density at radius 1 is 1.25 bits per heavy atom. The molecule has 0 N–H and O–H groups in total. The minimum absolute atomic E-state index is 0.550. The van der Waals surface area contributed by atoms with Gasteiger partial charge in [0.1, 0.15) is 0 Å². The van der Waals surface area contributed by atoms with Gasteiger partial charge in [-0.25, -0.2) is 0 Å². The van der Waals surface area contributed by atoms with Gasteiger partial charge in [-0.15, -0.1) is 0 Å². The smallest absolute Gasteiger partial charge is 0.0589 e. The zero-order valence-electron chi connectivity index (χ0n) is 10.2. The lowest BCUT2D eigenvalue weighted by Crippen LogP contribution is -2.33. The molecule has 0 amide bonds. The number of halogens is 1. The van der Waals surface area contributed by atoms with Crippen molar-refractivity contribution in [2.24, 2.45) is 0 Å². The van der Waals surface area contributed by atoms with Gasteiger partial charge < -0.3 is 4.74 Å². The Balaban J connectivity index is 2.57. The first-order valence-corrected chi connectivity index (χ1v) is 6.68. The molecule has 0 unspecified atom stereocenters. The summed E-state index contributed by atoms with van der Waals surface area (Å²) in [6.45, 7) is 7.23. The van der Waals surface area contributed by atoms with Gasteiger partial charge in [0.25, 0.3) is 0 Å². The van der Waals surface area contributed by atoms with Crippen LogP contribution < -0.4 is 0 Å². The van der Waals surface area contributed by atoms with E-state index in [2.05, 4.69) is 65.6 Å². The molecule has 1 aromatic rings. The van der Waals surface area contributed by atoms with E-state index in [4.69, 9.17) is 4.74 Å². The maximum Gasteiger partial charge on any atom is 0.0589 e. The largest absolute Gasteiger partial charge is 0.383 e. The van der Waals surface area contributed by atoms with E-state index >= 15 is 0 Å². The molecule has 0 aromatic heterocycles. The molecule has 0 radical (unpaired) electrons.